The van der Waals surface area contributed by atoms with Gasteiger partial charge in [0.2, 0.25) is 0 Å². The molecule has 2 nitrogen and oxygen atoms in total. The molecule has 0 aliphatic rings. The number of nitrogens with zero attached hydrogens (tertiary/aromatic N) is 2. The first kappa shape index (κ1) is 35.8. The molecule has 0 bridgehead atoms. The fourth-order valence-corrected chi connectivity index (χ4v) is 6.01. The summed E-state index contributed by atoms with van der Waals surface area (Å²) in [4.78, 5) is 4.34. The zero-order chi connectivity index (χ0) is 34.9. The summed E-state index contributed by atoms with van der Waals surface area (Å²) in [6.07, 6.45) is 4.00. The summed E-state index contributed by atoms with van der Waals surface area (Å²) in [6, 6.07) is 30.6. The minimum absolute atomic E-state index is 0.0466. The van der Waals surface area contributed by atoms with Crippen LogP contribution in [-0.2, 0) is 16.2 Å². The predicted octanol–water partition coefficient (Wildman–Crippen LogP) is 13.6. The van der Waals surface area contributed by atoms with Crippen molar-refractivity contribution >= 4 is 40.0 Å². The molecule has 0 atom stereocenters. The minimum atomic E-state index is 0.0466. The first-order valence-electron chi connectivity index (χ1n) is 16.6. The molecule has 0 aromatic heterocycles. The molecule has 0 spiro atoms. The largest absolute Gasteiger partial charge is 0.310 e. The molecular formula is C44H53ClN2. The van der Waals surface area contributed by atoms with Gasteiger partial charge in [0.15, 0.2) is 0 Å². The van der Waals surface area contributed by atoms with Gasteiger partial charge >= 0.3 is 0 Å². The third-order valence-corrected chi connectivity index (χ3v) is 9.03. The topological polar surface area (TPSA) is 6.48 Å². The van der Waals surface area contributed by atoms with Crippen LogP contribution in [0.3, 0.4) is 0 Å². The van der Waals surface area contributed by atoms with E-state index in [1.165, 1.54) is 16.7 Å². The van der Waals surface area contributed by atoms with Gasteiger partial charge in [-0.05, 0) is 100 Å². The molecule has 246 valence electrons. The van der Waals surface area contributed by atoms with E-state index in [0.717, 1.165) is 45.3 Å². The van der Waals surface area contributed by atoms with Gasteiger partial charge in [-0.2, -0.15) is 0 Å². The molecule has 4 aromatic rings. The van der Waals surface area contributed by atoms with Crippen LogP contribution in [0.25, 0.3) is 5.70 Å². The zero-order valence-electron chi connectivity index (χ0n) is 30.4. The molecule has 0 unspecified atom stereocenters. The molecule has 3 heteroatoms. The van der Waals surface area contributed by atoms with Gasteiger partial charge in [0.05, 0.1) is 16.4 Å². The maximum absolute atomic E-state index is 7.55. The van der Waals surface area contributed by atoms with Crippen molar-refractivity contribution in [2.75, 3.05) is 9.80 Å². The highest BCUT2D eigenvalue weighted by Gasteiger charge is 2.25. The fraction of sp³-hybridized carbons (Fsp3) is 0.318. The van der Waals surface area contributed by atoms with E-state index in [2.05, 4.69) is 177 Å². The molecule has 0 amide bonds. The molecule has 0 fully saturated rings. The van der Waals surface area contributed by atoms with Crippen LogP contribution in [0.5, 0.6) is 0 Å². The molecule has 4 aromatic carbocycles. The molecule has 0 aliphatic carbocycles. The molecule has 0 saturated heterocycles. The van der Waals surface area contributed by atoms with Crippen LogP contribution in [0.15, 0.2) is 116 Å². The normalized spacial score (nSPS) is 12.3. The van der Waals surface area contributed by atoms with E-state index in [1.807, 2.05) is 19.1 Å². The van der Waals surface area contributed by atoms with E-state index in [4.69, 9.17) is 11.6 Å². The van der Waals surface area contributed by atoms with E-state index in [1.54, 1.807) is 0 Å². The molecule has 0 radical (unpaired) electrons. The Labute approximate surface area is 290 Å². The highest BCUT2D eigenvalue weighted by Crippen LogP contribution is 2.46. The summed E-state index contributed by atoms with van der Waals surface area (Å²) in [7, 11) is 0. The molecule has 4 rings (SSSR count). The number of halogens is 1. The lowest BCUT2D eigenvalue weighted by Gasteiger charge is -2.33. The zero-order valence-corrected chi connectivity index (χ0v) is 31.2. The Morgan fingerprint density at radius 3 is 1.38 bits per heavy atom. The highest BCUT2D eigenvalue weighted by molar-refractivity contribution is 6.36. The second kappa shape index (κ2) is 13.6. The molecular weight excluding hydrogens is 592 g/mol. The summed E-state index contributed by atoms with van der Waals surface area (Å²) in [5.74, 6) is 0. The van der Waals surface area contributed by atoms with Crippen LogP contribution < -0.4 is 9.80 Å². The monoisotopic (exact) mass is 644 g/mol. The lowest BCUT2D eigenvalue weighted by Crippen LogP contribution is -2.21. The van der Waals surface area contributed by atoms with E-state index < -0.39 is 0 Å². The summed E-state index contributed by atoms with van der Waals surface area (Å²) >= 11 is 7.55. The van der Waals surface area contributed by atoms with Gasteiger partial charge in [-0.25, -0.2) is 0 Å². The highest BCUT2D eigenvalue weighted by atomic mass is 35.5. The number of hydrogen-bond donors (Lipinski definition) is 0. The van der Waals surface area contributed by atoms with Crippen LogP contribution in [0.2, 0.25) is 5.02 Å². The smallest absolute Gasteiger partial charge is 0.0887 e. The van der Waals surface area contributed by atoms with Crippen LogP contribution in [0, 0.1) is 6.92 Å². The van der Waals surface area contributed by atoms with Gasteiger partial charge in [-0.15, -0.1) is 0 Å². The third kappa shape index (κ3) is 8.11. The average molecular weight is 645 g/mol. The number of anilines is 4. The van der Waals surface area contributed by atoms with Crippen molar-refractivity contribution in [2.24, 2.45) is 0 Å². The van der Waals surface area contributed by atoms with Crippen LogP contribution in [0.4, 0.5) is 22.7 Å². The molecule has 0 heterocycles. The Hall–Kier alpha value is -4.01. The lowest BCUT2D eigenvalue weighted by atomic mass is 9.86. The molecule has 0 N–H and O–H groups in total. The standard InChI is InChI=1S/C44H53ClN2/c1-14-15-31(3)46(32(4)33-16-18-34(19-17-33)42(5,6)7)39-28-30(2)29-40(41(39)45)47(37-24-20-35(21-25-37)43(8,9)10)38-26-22-36(23-27-38)44(11,12)13/h14-29H,3-4H2,1-2,5-13H3/b15-14-. The van der Waals surface area contributed by atoms with Gasteiger partial charge < -0.3 is 9.80 Å². The number of rotatable bonds is 8. The van der Waals surface area contributed by atoms with E-state index in [9.17, 15) is 0 Å². The Balaban J connectivity index is 1.93. The van der Waals surface area contributed by atoms with Crippen molar-refractivity contribution in [3.8, 4) is 0 Å². The maximum Gasteiger partial charge on any atom is 0.0887 e. The number of aryl methyl sites for hydroxylation is 1. The van der Waals surface area contributed by atoms with Gasteiger partial charge in [-0.1, -0.05) is 142 Å². The summed E-state index contributed by atoms with van der Waals surface area (Å²) in [5, 5.41) is 0.619. The fourth-order valence-electron chi connectivity index (χ4n) is 5.74. The van der Waals surface area contributed by atoms with Crippen LogP contribution in [-0.4, -0.2) is 0 Å². The Morgan fingerprint density at radius 2 is 1.00 bits per heavy atom. The van der Waals surface area contributed by atoms with Gasteiger partial charge in [0, 0.05) is 22.8 Å². The van der Waals surface area contributed by atoms with Gasteiger partial charge in [-0.3, -0.25) is 0 Å². The van der Waals surface area contributed by atoms with Crippen molar-refractivity contribution in [2.45, 2.75) is 92.4 Å². The van der Waals surface area contributed by atoms with E-state index in [-0.39, 0.29) is 16.2 Å². The summed E-state index contributed by atoms with van der Waals surface area (Å²) < 4.78 is 0. The summed E-state index contributed by atoms with van der Waals surface area (Å²) in [6.45, 7) is 33.3. The maximum atomic E-state index is 7.55. The van der Waals surface area contributed by atoms with Crippen molar-refractivity contribution < 1.29 is 0 Å². The van der Waals surface area contributed by atoms with Crippen molar-refractivity contribution in [1.82, 2.24) is 0 Å². The molecule has 0 aliphatic heterocycles. The summed E-state index contributed by atoms with van der Waals surface area (Å²) in [5.41, 5.74) is 11.5. The third-order valence-electron chi connectivity index (χ3n) is 8.64. The van der Waals surface area contributed by atoms with Gasteiger partial charge in [0.1, 0.15) is 0 Å². The number of allylic oxidation sites excluding steroid dienone is 2. The van der Waals surface area contributed by atoms with Crippen molar-refractivity contribution in [3.05, 3.63) is 149 Å². The quantitative estimate of drug-likeness (QED) is 0.176. The SMILES string of the molecule is C=C(/C=C\C)N(C(=C)c1ccc(C(C)(C)C)cc1)c1cc(C)cc(N(c2ccc(C(C)(C)C)cc2)c2ccc(C(C)(C)C)cc2)c1Cl. The minimum Gasteiger partial charge on any atom is -0.310 e. The van der Waals surface area contributed by atoms with Crippen molar-refractivity contribution in [1.29, 1.82) is 0 Å². The molecule has 47 heavy (non-hydrogen) atoms. The number of benzene rings is 4. The molecule has 0 saturated carbocycles. The van der Waals surface area contributed by atoms with E-state index in [0.29, 0.717) is 5.02 Å². The Kier molecular flexibility index (Phi) is 10.4. The second-order valence-electron chi connectivity index (χ2n) is 15.6. The second-order valence-corrected chi connectivity index (χ2v) is 16.0. The average Bonchev–Trinajstić information content (AvgIpc) is 2.99. The first-order chi connectivity index (χ1) is 21.8. The van der Waals surface area contributed by atoms with Gasteiger partial charge in [0.25, 0.3) is 0 Å². The van der Waals surface area contributed by atoms with Crippen LogP contribution >= 0.6 is 11.6 Å². The lowest BCUT2D eigenvalue weighted by molar-refractivity contribution is 0.590. The Morgan fingerprint density at radius 1 is 0.617 bits per heavy atom. The number of hydrogen-bond acceptors (Lipinski definition) is 2. The van der Waals surface area contributed by atoms with Crippen LogP contribution in [0.1, 0.15) is 97.1 Å². The first-order valence-corrected chi connectivity index (χ1v) is 16.9. The Bertz CT molecular complexity index is 1690. The predicted molar refractivity (Wildman–Crippen MR) is 209 cm³/mol. The van der Waals surface area contributed by atoms with E-state index >= 15 is 0 Å². The van der Waals surface area contributed by atoms with Crippen molar-refractivity contribution in [3.63, 3.8) is 0 Å².